The molecule has 2 aromatic heterocycles. The van der Waals surface area contributed by atoms with Crippen LogP contribution in [0.5, 0.6) is 0 Å². The number of nitrogens with zero attached hydrogens (tertiary/aromatic N) is 6. The summed E-state index contributed by atoms with van der Waals surface area (Å²) >= 11 is 5.94. The van der Waals surface area contributed by atoms with Crippen LogP contribution >= 0.6 is 11.6 Å². The Morgan fingerprint density at radius 2 is 2.03 bits per heavy atom. The molecule has 0 aliphatic heterocycles. The van der Waals surface area contributed by atoms with Gasteiger partial charge in [-0.25, -0.2) is 14.1 Å². The summed E-state index contributed by atoms with van der Waals surface area (Å²) in [4.78, 5) is 25.8. The zero-order valence-corrected chi connectivity index (χ0v) is 16.3. The molecule has 0 radical (unpaired) electrons. The summed E-state index contributed by atoms with van der Waals surface area (Å²) in [5, 5.41) is 20.5. The number of benzene rings is 1. The van der Waals surface area contributed by atoms with Crippen LogP contribution in [0.2, 0.25) is 5.02 Å². The number of aromatic nitrogens is 5. The van der Waals surface area contributed by atoms with Gasteiger partial charge in [0.25, 0.3) is 0 Å². The van der Waals surface area contributed by atoms with Gasteiger partial charge in [0.05, 0.1) is 11.5 Å². The summed E-state index contributed by atoms with van der Waals surface area (Å²) in [6, 6.07) is 3.78. The minimum absolute atomic E-state index is 0.112. The number of carbonyl (C=O) groups is 1. The van der Waals surface area contributed by atoms with E-state index in [9.17, 15) is 32.5 Å². The summed E-state index contributed by atoms with van der Waals surface area (Å²) in [7, 11) is 0. The molecule has 1 N–H and O–H groups in total. The van der Waals surface area contributed by atoms with Gasteiger partial charge in [-0.15, -0.1) is 5.10 Å². The zero-order chi connectivity index (χ0) is 22.9. The van der Waals surface area contributed by atoms with Gasteiger partial charge in [0.1, 0.15) is 24.4 Å². The fourth-order valence-electron chi connectivity index (χ4n) is 2.65. The van der Waals surface area contributed by atoms with E-state index < -0.39 is 46.4 Å². The van der Waals surface area contributed by atoms with Gasteiger partial charge in [0.15, 0.2) is 0 Å². The number of rotatable bonds is 6. The van der Waals surface area contributed by atoms with Crippen molar-refractivity contribution >= 4 is 29.1 Å². The van der Waals surface area contributed by atoms with Crippen LogP contribution in [0.4, 0.5) is 29.2 Å². The Balaban J connectivity index is 1.71. The number of hydrogen-bond acceptors (Lipinski definition) is 6. The summed E-state index contributed by atoms with van der Waals surface area (Å²) in [5.74, 6) is -1.53. The fraction of sp³-hybridized carbons (Fsp3) is 0.250. The molecule has 2 heterocycles. The highest BCUT2D eigenvalue weighted by atomic mass is 35.5. The molecule has 0 unspecified atom stereocenters. The molecular formula is C16H12ClF4N7O3. The van der Waals surface area contributed by atoms with Crippen LogP contribution in [-0.2, 0) is 24.1 Å². The molecule has 0 aliphatic rings. The molecule has 31 heavy (non-hydrogen) atoms. The molecule has 0 spiro atoms. The van der Waals surface area contributed by atoms with Crippen LogP contribution in [0.15, 0.2) is 24.5 Å². The summed E-state index contributed by atoms with van der Waals surface area (Å²) in [6.45, 7) is 0.426. The van der Waals surface area contributed by atoms with Crippen molar-refractivity contribution < 1.29 is 27.3 Å². The number of nitro groups is 1. The van der Waals surface area contributed by atoms with Gasteiger partial charge in [-0.1, -0.05) is 17.7 Å². The molecule has 1 amide bonds. The van der Waals surface area contributed by atoms with Gasteiger partial charge in [-0.3, -0.25) is 24.9 Å². The Morgan fingerprint density at radius 1 is 1.32 bits per heavy atom. The standard InChI is InChI=1S/C16H12ClF4N7O3/c1-8-13(28(30)31)14(16(19,20)21)24-27(8)6-12(29)23-15-22-7-26(25-15)5-9-2-3-10(18)4-11(9)17/h2-4,7H,5-6H2,1H3,(H,23,25,29). The van der Waals surface area contributed by atoms with Crippen molar-refractivity contribution in [3.05, 3.63) is 62.4 Å². The largest absolute Gasteiger partial charge is 0.442 e. The minimum Gasteiger partial charge on any atom is -0.292 e. The molecule has 0 atom stereocenters. The van der Waals surface area contributed by atoms with E-state index in [1.54, 1.807) is 0 Å². The van der Waals surface area contributed by atoms with E-state index in [-0.39, 0.29) is 17.5 Å². The molecule has 10 nitrogen and oxygen atoms in total. The van der Waals surface area contributed by atoms with Crippen molar-refractivity contribution in [3.8, 4) is 0 Å². The fourth-order valence-corrected chi connectivity index (χ4v) is 2.88. The van der Waals surface area contributed by atoms with Crippen molar-refractivity contribution in [2.75, 3.05) is 5.32 Å². The number of carbonyl (C=O) groups excluding carboxylic acids is 1. The second-order valence-corrected chi connectivity index (χ2v) is 6.65. The molecule has 0 fully saturated rings. The molecule has 0 saturated carbocycles. The lowest BCUT2D eigenvalue weighted by Gasteiger charge is -2.05. The first-order valence-corrected chi connectivity index (χ1v) is 8.75. The summed E-state index contributed by atoms with van der Waals surface area (Å²) < 4.78 is 53.9. The first-order chi connectivity index (χ1) is 14.5. The van der Waals surface area contributed by atoms with Crippen LogP contribution < -0.4 is 5.32 Å². The molecule has 0 aliphatic carbocycles. The molecule has 1 aromatic carbocycles. The van der Waals surface area contributed by atoms with E-state index in [1.807, 2.05) is 0 Å². The second kappa shape index (κ2) is 8.29. The lowest BCUT2D eigenvalue weighted by atomic mass is 10.2. The Hall–Kier alpha value is -3.55. The van der Waals surface area contributed by atoms with Crippen LogP contribution in [0.1, 0.15) is 17.0 Å². The quantitative estimate of drug-likeness (QED) is 0.342. The van der Waals surface area contributed by atoms with Crippen molar-refractivity contribution in [1.29, 1.82) is 0 Å². The van der Waals surface area contributed by atoms with Crippen LogP contribution in [0.3, 0.4) is 0 Å². The Labute approximate surface area is 175 Å². The van der Waals surface area contributed by atoms with E-state index in [0.29, 0.717) is 10.2 Å². The smallest absolute Gasteiger partial charge is 0.292 e. The van der Waals surface area contributed by atoms with Crippen LogP contribution in [0.25, 0.3) is 0 Å². The van der Waals surface area contributed by atoms with Crippen LogP contribution in [0, 0.1) is 22.9 Å². The Bertz CT molecular complexity index is 1160. The van der Waals surface area contributed by atoms with Crippen molar-refractivity contribution in [2.24, 2.45) is 0 Å². The lowest BCUT2D eigenvalue weighted by molar-refractivity contribution is -0.388. The maximum atomic E-state index is 13.1. The van der Waals surface area contributed by atoms with E-state index in [1.165, 1.54) is 23.1 Å². The number of halogens is 5. The van der Waals surface area contributed by atoms with Gasteiger partial charge < -0.3 is 0 Å². The highest BCUT2D eigenvalue weighted by Gasteiger charge is 2.44. The average Bonchev–Trinajstić information content (AvgIpc) is 3.21. The van der Waals surface area contributed by atoms with E-state index in [2.05, 4.69) is 20.5 Å². The highest BCUT2D eigenvalue weighted by Crippen LogP contribution is 2.36. The van der Waals surface area contributed by atoms with Crippen molar-refractivity contribution in [1.82, 2.24) is 24.5 Å². The number of anilines is 1. The predicted molar refractivity (Wildman–Crippen MR) is 97.8 cm³/mol. The van der Waals surface area contributed by atoms with Gasteiger partial charge in [0.2, 0.25) is 17.5 Å². The lowest BCUT2D eigenvalue weighted by Crippen LogP contribution is -2.21. The molecule has 3 rings (SSSR count). The van der Waals surface area contributed by atoms with Crippen molar-refractivity contribution in [2.45, 2.75) is 26.2 Å². The number of alkyl halides is 3. The Morgan fingerprint density at radius 3 is 2.61 bits per heavy atom. The van der Waals surface area contributed by atoms with Gasteiger partial charge >= 0.3 is 11.9 Å². The predicted octanol–water partition coefficient (Wildman–Crippen LogP) is 3.19. The first-order valence-electron chi connectivity index (χ1n) is 8.38. The summed E-state index contributed by atoms with van der Waals surface area (Å²) in [6.07, 6.45) is -3.81. The monoisotopic (exact) mass is 461 g/mol. The molecular weight excluding hydrogens is 450 g/mol. The van der Waals surface area contributed by atoms with Crippen molar-refractivity contribution in [3.63, 3.8) is 0 Å². The van der Waals surface area contributed by atoms with Gasteiger partial charge in [-0.2, -0.15) is 18.3 Å². The van der Waals surface area contributed by atoms with E-state index >= 15 is 0 Å². The van der Waals surface area contributed by atoms with Gasteiger partial charge in [0, 0.05) is 5.02 Å². The average molecular weight is 462 g/mol. The minimum atomic E-state index is -5.06. The third-order valence-electron chi connectivity index (χ3n) is 4.05. The topological polar surface area (TPSA) is 121 Å². The Kier molecular flexibility index (Phi) is 5.92. The first kappa shape index (κ1) is 22.1. The zero-order valence-electron chi connectivity index (χ0n) is 15.5. The number of nitrogens with one attached hydrogen (secondary N) is 1. The SMILES string of the molecule is Cc1c([N+](=O)[O-])c(C(F)(F)F)nn1CC(=O)Nc1ncn(Cc2ccc(F)cc2Cl)n1. The third-order valence-corrected chi connectivity index (χ3v) is 4.41. The normalized spacial score (nSPS) is 11.5. The molecule has 0 saturated heterocycles. The third kappa shape index (κ3) is 4.96. The van der Waals surface area contributed by atoms with Crippen LogP contribution in [-0.4, -0.2) is 35.4 Å². The molecule has 0 bridgehead atoms. The maximum Gasteiger partial charge on any atom is 0.442 e. The molecule has 164 valence electrons. The summed E-state index contributed by atoms with van der Waals surface area (Å²) in [5.41, 5.74) is -2.82. The van der Waals surface area contributed by atoms with E-state index in [0.717, 1.165) is 13.0 Å². The number of amides is 1. The van der Waals surface area contributed by atoms with E-state index in [4.69, 9.17) is 11.6 Å². The highest BCUT2D eigenvalue weighted by molar-refractivity contribution is 6.31. The maximum absolute atomic E-state index is 13.1. The molecule has 3 aromatic rings. The molecule has 15 heteroatoms. The second-order valence-electron chi connectivity index (χ2n) is 6.24. The number of hydrogen-bond donors (Lipinski definition) is 1. The van der Waals surface area contributed by atoms with Gasteiger partial charge in [-0.05, 0) is 24.6 Å².